The van der Waals surface area contributed by atoms with Crippen molar-refractivity contribution >= 4 is 5.69 Å². The minimum absolute atomic E-state index is 0.455. The lowest BCUT2D eigenvalue weighted by molar-refractivity contribution is 0.226. The average molecular weight is 258 g/mol. The Kier molecular flexibility index (Phi) is 3.30. The molecule has 1 aromatic rings. The molecule has 1 atom stereocenters. The first-order chi connectivity index (χ1) is 9.02. The van der Waals surface area contributed by atoms with Crippen LogP contribution in [-0.2, 0) is 13.0 Å². The Balaban J connectivity index is 1.64. The Morgan fingerprint density at radius 3 is 2.89 bits per heavy atom. The first kappa shape index (κ1) is 13.0. The van der Waals surface area contributed by atoms with Crippen molar-refractivity contribution in [2.24, 2.45) is 11.3 Å². The van der Waals surface area contributed by atoms with Crippen LogP contribution in [0.15, 0.2) is 18.2 Å². The fraction of sp³-hybridized carbons (Fsp3) is 0.647. The quantitative estimate of drug-likeness (QED) is 0.873. The molecule has 1 unspecified atom stereocenters. The van der Waals surface area contributed by atoms with E-state index in [1.54, 1.807) is 0 Å². The minimum atomic E-state index is 0.455. The largest absolute Gasteiger partial charge is 0.384 e. The first-order valence-corrected chi connectivity index (χ1v) is 7.60. The van der Waals surface area contributed by atoms with Gasteiger partial charge in [-0.25, -0.2) is 0 Å². The van der Waals surface area contributed by atoms with Gasteiger partial charge in [0, 0.05) is 25.3 Å². The average Bonchev–Trinajstić information content (AvgIpc) is 2.95. The third-order valence-corrected chi connectivity index (χ3v) is 4.78. The number of hydrogen-bond donors (Lipinski definition) is 1. The highest BCUT2D eigenvalue weighted by Gasteiger charge is 2.31. The predicted octanol–water partition coefficient (Wildman–Crippen LogP) is 3.52. The van der Waals surface area contributed by atoms with Gasteiger partial charge in [0.05, 0.1) is 0 Å². The molecule has 3 rings (SSSR count). The Labute approximate surface area is 117 Å². The molecule has 1 aromatic carbocycles. The van der Waals surface area contributed by atoms with Gasteiger partial charge in [0.1, 0.15) is 0 Å². The van der Waals surface area contributed by atoms with Crippen molar-refractivity contribution in [1.29, 1.82) is 0 Å². The molecular formula is C17H26N2. The fourth-order valence-corrected chi connectivity index (χ4v) is 3.40. The second-order valence-electron chi connectivity index (χ2n) is 7.26. The van der Waals surface area contributed by atoms with Crippen LogP contribution in [-0.4, -0.2) is 24.5 Å². The van der Waals surface area contributed by atoms with E-state index in [0.717, 1.165) is 19.0 Å². The maximum absolute atomic E-state index is 3.43. The van der Waals surface area contributed by atoms with Gasteiger partial charge in [0.15, 0.2) is 0 Å². The van der Waals surface area contributed by atoms with Crippen LogP contribution in [0.3, 0.4) is 0 Å². The SMILES string of the molecule is CC(C)(C)C1CCN(Cc2ccc3c(c2)CCN3)C1. The summed E-state index contributed by atoms with van der Waals surface area (Å²) >= 11 is 0. The van der Waals surface area contributed by atoms with E-state index < -0.39 is 0 Å². The molecule has 2 heteroatoms. The third-order valence-electron chi connectivity index (χ3n) is 4.78. The summed E-state index contributed by atoms with van der Waals surface area (Å²) in [7, 11) is 0. The second-order valence-corrected chi connectivity index (χ2v) is 7.26. The van der Waals surface area contributed by atoms with Gasteiger partial charge in [0.2, 0.25) is 0 Å². The van der Waals surface area contributed by atoms with Crippen molar-refractivity contribution < 1.29 is 0 Å². The summed E-state index contributed by atoms with van der Waals surface area (Å²) < 4.78 is 0. The molecule has 0 spiro atoms. The number of likely N-dealkylation sites (tertiary alicyclic amines) is 1. The van der Waals surface area contributed by atoms with E-state index in [-0.39, 0.29) is 0 Å². The summed E-state index contributed by atoms with van der Waals surface area (Å²) in [5, 5.41) is 3.43. The lowest BCUT2D eigenvalue weighted by Gasteiger charge is -2.27. The highest BCUT2D eigenvalue weighted by Crippen LogP contribution is 2.34. The number of benzene rings is 1. The molecule has 2 aliphatic rings. The lowest BCUT2D eigenvalue weighted by atomic mass is 9.80. The molecule has 0 aliphatic carbocycles. The van der Waals surface area contributed by atoms with Crippen molar-refractivity contribution in [3.63, 3.8) is 0 Å². The molecule has 104 valence electrons. The molecule has 2 nitrogen and oxygen atoms in total. The van der Waals surface area contributed by atoms with Crippen molar-refractivity contribution in [2.45, 2.75) is 40.2 Å². The van der Waals surface area contributed by atoms with E-state index in [1.165, 1.54) is 42.7 Å². The van der Waals surface area contributed by atoms with Gasteiger partial charge < -0.3 is 5.32 Å². The van der Waals surface area contributed by atoms with Crippen LogP contribution < -0.4 is 5.32 Å². The molecular weight excluding hydrogens is 232 g/mol. The molecule has 2 heterocycles. The Hall–Kier alpha value is -1.02. The molecule has 0 bridgehead atoms. The number of hydrogen-bond acceptors (Lipinski definition) is 2. The Morgan fingerprint density at radius 1 is 1.32 bits per heavy atom. The maximum atomic E-state index is 3.43. The van der Waals surface area contributed by atoms with Gasteiger partial charge in [-0.05, 0) is 47.9 Å². The highest BCUT2D eigenvalue weighted by molar-refractivity contribution is 5.56. The van der Waals surface area contributed by atoms with Crippen LogP contribution in [0, 0.1) is 11.3 Å². The van der Waals surface area contributed by atoms with E-state index in [2.05, 4.69) is 49.2 Å². The molecule has 2 aliphatic heterocycles. The van der Waals surface area contributed by atoms with E-state index in [0.29, 0.717) is 5.41 Å². The van der Waals surface area contributed by atoms with Gasteiger partial charge in [-0.15, -0.1) is 0 Å². The van der Waals surface area contributed by atoms with Crippen molar-refractivity contribution in [1.82, 2.24) is 4.90 Å². The summed E-state index contributed by atoms with van der Waals surface area (Å²) in [5.74, 6) is 0.851. The monoisotopic (exact) mass is 258 g/mol. The smallest absolute Gasteiger partial charge is 0.0373 e. The number of rotatable bonds is 2. The van der Waals surface area contributed by atoms with Gasteiger partial charge >= 0.3 is 0 Å². The van der Waals surface area contributed by atoms with Gasteiger partial charge in [0.25, 0.3) is 0 Å². The molecule has 0 saturated carbocycles. The zero-order chi connectivity index (χ0) is 13.5. The van der Waals surface area contributed by atoms with Crippen LogP contribution in [0.2, 0.25) is 0 Å². The third kappa shape index (κ3) is 2.79. The summed E-state index contributed by atoms with van der Waals surface area (Å²) in [6.45, 7) is 11.9. The topological polar surface area (TPSA) is 15.3 Å². The molecule has 1 saturated heterocycles. The van der Waals surface area contributed by atoms with Crippen LogP contribution in [0.5, 0.6) is 0 Å². The van der Waals surface area contributed by atoms with Gasteiger partial charge in [-0.3, -0.25) is 4.90 Å². The number of nitrogens with zero attached hydrogens (tertiary/aromatic N) is 1. The molecule has 0 amide bonds. The van der Waals surface area contributed by atoms with Crippen molar-refractivity contribution in [3.05, 3.63) is 29.3 Å². The lowest BCUT2D eigenvalue weighted by Crippen LogP contribution is -2.25. The Morgan fingerprint density at radius 2 is 2.16 bits per heavy atom. The Bertz CT molecular complexity index is 459. The van der Waals surface area contributed by atoms with E-state index in [1.807, 2.05) is 0 Å². The van der Waals surface area contributed by atoms with Crippen LogP contribution in [0.25, 0.3) is 0 Å². The molecule has 1 N–H and O–H groups in total. The van der Waals surface area contributed by atoms with Gasteiger partial charge in [-0.2, -0.15) is 0 Å². The fourth-order valence-electron chi connectivity index (χ4n) is 3.40. The van der Waals surface area contributed by atoms with Crippen molar-refractivity contribution in [3.8, 4) is 0 Å². The predicted molar refractivity (Wildman–Crippen MR) is 81.5 cm³/mol. The van der Waals surface area contributed by atoms with E-state index >= 15 is 0 Å². The normalized spacial score (nSPS) is 23.4. The molecule has 0 radical (unpaired) electrons. The highest BCUT2D eigenvalue weighted by atomic mass is 15.1. The molecule has 0 aromatic heterocycles. The molecule has 19 heavy (non-hydrogen) atoms. The van der Waals surface area contributed by atoms with E-state index in [9.17, 15) is 0 Å². The number of nitrogens with one attached hydrogen (secondary N) is 1. The summed E-state index contributed by atoms with van der Waals surface area (Å²) in [4.78, 5) is 2.63. The second kappa shape index (κ2) is 4.82. The van der Waals surface area contributed by atoms with Crippen LogP contribution >= 0.6 is 0 Å². The summed E-state index contributed by atoms with van der Waals surface area (Å²) in [6, 6.07) is 6.95. The number of anilines is 1. The van der Waals surface area contributed by atoms with Crippen LogP contribution in [0.1, 0.15) is 38.3 Å². The zero-order valence-electron chi connectivity index (χ0n) is 12.5. The number of fused-ring (bicyclic) bond motifs is 1. The summed E-state index contributed by atoms with van der Waals surface area (Å²) in [5.41, 5.74) is 4.79. The first-order valence-electron chi connectivity index (χ1n) is 7.60. The van der Waals surface area contributed by atoms with Crippen LogP contribution in [0.4, 0.5) is 5.69 Å². The standard InChI is InChI=1S/C17H26N2/c1-17(2,3)15-7-9-19(12-15)11-13-4-5-16-14(10-13)6-8-18-16/h4-5,10,15,18H,6-9,11-12H2,1-3H3. The van der Waals surface area contributed by atoms with Crippen molar-refractivity contribution in [2.75, 3.05) is 25.0 Å². The maximum Gasteiger partial charge on any atom is 0.0373 e. The van der Waals surface area contributed by atoms with E-state index in [4.69, 9.17) is 0 Å². The molecule has 1 fully saturated rings. The summed E-state index contributed by atoms with van der Waals surface area (Å²) in [6.07, 6.45) is 2.55. The minimum Gasteiger partial charge on any atom is -0.384 e. The zero-order valence-corrected chi connectivity index (χ0v) is 12.5. The van der Waals surface area contributed by atoms with Gasteiger partial charge in [-0.1, -0.05) is 32.9 Å².